The van der Waals surface area contributed by atoms with Gasteiger partial charge in [0.1, 0.15) is 5.75 Å². The molecule has 1 aliphatic heterocycles. The number of nitrogens with two attached hydrogens (primary N) is 1. The van der Waals surface area contributed by atoms with Gasteiger partial charge in [-0.15, -0.1) is 0 Å². The lowest BCUT2D eigenvalue weighted by Crippen LogP contribution is -2.39. The van der Waals surface area contributed by atoms with Crippen LogP contribution in [0.2, 0.25) is 0 Å². The number of rotatable bonds is 4. The number of benzene rings is 1. The third-order valence-electron chi connectivity index (χ3n) is 2.81. The molecule has 1 aliphatic rings. The molecule has 0 spiro atoms. The smallest absolute Gasteiger partial charge is 0.188 e. The molecule has 1 atom stereocenters. The average molecular weight is 233 g/mol. The fourth-order valence-electron chi connectivity index (χ4n) is 1.86. The molecule has 0 bridgehead atoms. The van der Waals surface area contributed by atoms with Gasteiger partial charge in [-0.1, -0.05) is 19.1 Å². The van der Waals surface area contributed by atoms with E-state index in [2.05, 4.69) is 29.4 Å². The predicted octanol–water partition coefficient (Wildman–Crippen LogP) is 1.48. The zero-order valence-corrected chi connectivity index (χ0v) is 10.1. The molecule has 92 valence electrons. The van der Waals surface area contributed by atoms with Crippen LogP contribution in [0.5, 0.6) is 5.75 Å². The van der Waals surface area contributed by atoms with Gasteiger partial charge in [-0.2, -0.15) is 0 Å². The summed E-state index contributed by atoms with van der Waals surface area (Å²) >= 11 is 0. The Hall–Kier alpha value is -1.71. The number of nitrogens with one attached hydrogen (secondary N) is 1. The monoisotopic (exact) mass is 233 g/mol. The van der Waals surface area contributed by atoms with Crippen LogP contribution in [-0.2, 0) is 0 Å². The molecular weight excluding hydrogens is 214 g/mol. The Labute approximate surface area is 102 Å². The van der Waals surface area contributed by atoms with Crippen LogP contribution >= 0.6 is 0 Å². The van der Waals surface area contributed by atoms with Crippen molar-refractivity contribution in [3.8, 4) is 5.75 Å². The number of nitrogens with zero attached hydrogens (tertiary/aromatic N) is 1. The summed E-state index contributed by atoms with van der Waals surface area (Å²) in [5.41, 5.74) is 6.84. The third-order valence-corrected chi connectivity index (χ3v) is 2.81. The van der Waals surface area contributed by atoms with Crippen molar-refractivity contribution in [2.24, 2.45) is 10.7 Å². The molecule has 0 radical (unpaired) electrons. The van der Waals surface area contributed by atoms with Crippen LogP contribution in [-0.4, -0.2) is 25.7 Å². The molecule has 1 heterocycles. The van der Waals surface area contributed by atoms with E-state index >= 15 is 0 Å². The van der Waals surface area contributed by atoms with Crippen LogP contribution in [0, 0.1) is 0 Å². The van der Waals surface area contributed by atoms with Crippen LogP contribution in [0.25, 0.3) is 0 Å². The second-order valence-electron chi connectivity index (χ2n) is 4.22. The van der Waals surface area contributed by atoms with Crippen molar-refractivity contribution in [2.45, 2.75) is 19.3 Å². The van der Waals surface area contributed by atoms with E-state index in [1.54, 1.807) is 0 Å². The van der Waals surface area contributed by atoms with Gasteiger partial charge in [0.15, 0.2) is 5.96 Å². The average Bonchev–Trinajstić information content (AvgIpc) is 2.37. The highest BCUT2D eigenvalue weighted by molar-refractivity contribution is 5.78. The lowest BCUT2D eigenvalue weighted by Gasteiger charge is -2.21. The maximum Gasteiger partial charge on any atom is 0.188 e. The Morgan fingerprint density at radius 2 is 2.41 bits per heavy atom. The summed E-state index contributed by atoms with van der Waals surface area (Å²) in [7, 11) is 0. The first kappa shape index (κ1) is 11.8. The fraction of sp³-hybridized carbons (Fsp3) is 0.462. The van der Waals surface area contributed by atoms with Crippen molar-refractivity contribution >= 4 is 5.96 Å². The molecule has 4 nitrogen and oxygen atoms in total. The summed E-state index contributed by atoms with van der Waals surface area (Å²) in [6.07, 6.45) is 1.02. The molecule has 0 saturated heterocycles. The molecule has 0 aliphatic carbocycles. The number of aliphatic imine (C=N–C) groups is 1. The third kappa shape index (κ3) is 3.12. The van der Waals surface area contributed by atoms with Crippen molar-refractivity contribution in [1.29, 1.82) is 0 Å². The van der Waals surface area contributed by atoms with Crippen molar-refractivity contribution in [2.75, 3.05) is 19.7 Å². The Bertz CT molecular complexity index is 403. The zero-order chi connectivity index (χ0) is 12.1. The molecule has 2 rings (SSSR count). The van der Waals surface area contributed by atoms with E-state index in [0.717, 1.165) is 31.9 Å². The molecular formula is C13H19N3O. The molecule has 4 heteroatoms. The van der Waals surface area contributed by atoms with Gasteiger partial charge in [0.2, 0.25) is 0 Å². The molecule has 1 unspecified atom stereocenters. The minimum Gasteiger partial charge on any atom is -0.494 e. The van der Waals surface area contributed by atoms with E-state index in [1.165, 1.54) is 5.56 Å². The van der Waals surface area contributed by atoms with Gasteiger partial charge in [0, 0.05) is 12.5 Å². The molecule has 1 aromatic rings. The first-order valence-electron chi connectivity index (χ1n) is 6.06. The summed E-state index contributed by atoms with van der Waals surface area (Å²) < 4.78 is 5.63. The molecule has 0 fully saturated rings. The van der Waals surface area contributed by atoms with Gasteiger partial charge in [-0.05, 0) is 24.1 Å². The van der Waals surface area contributed by atoms with E-state index in [9.17, 15) is 0 Å². The fourth-order valence-corrected chi connectivity index (χ4v) is 1.86. The maximum atomic E-state index is 5.63. The normalized spacial score (nSPS) is 19.4. The lowest BCUT2D eigenvalue weighted by atomic mass is 9.98. The Morgan fingerprint density at radius 3 is 3.12 bits per heavy atom. The summed E-state index contributed by atoms with van der Waals surface area (Å²) in [6.45, 7) is 4.45. The first-order chi connectivity index (χ1) is 8.29. The molecule has 1 aromatic carbocycles. The minimum absolute atomic E-state index is 0.382. The summed E-state index contributed by atoms with van der Waals surface area (Å²) in [5, 5.41) is 3.08. The van der Waals surface area contributed by atoms with Gasteiger partial charge in [0.25, 0.3) is 0 Å². The van der Waals surface area contributed by atoms with Crippen molar-refractivity contribution < 1.29 is 4.74 Å². The summed E-state index contributed by atoms with van der Waals surface area (Å²) in [6, 6.07) is 8.23. The van der Waals surface area contributed by atoms with Crippen LogP contribution < -0.4 is 15.8 Å². The molecule has 0 aromatic heterocycles. The van der Waals surface area contributed by atoms with Crippen LogP contribution in [0.1, 0.15) is 24.8 Å². The topological polar surface area (TPSA) is 59.6 Å². The van der Waals surface area contributed by atoms with Gasteiger partial charge < -0.3 is 15.8 Å². The molecule has 0 amide bonds. The standard InChI is InChI=1S/C13H19N3O/c1-2-6-17-12-5-3-4-10(7-12)11-8-15-13(14)16-9-11/h3-5,7,11H,2,6,8-9H2,1H3,(H3,14,15,16). The highest BCUT2D eigenvalue weighted by atomic mass is 16.5. The van der Waals surface area contributed by atoms with Crippen LogP contribution in [0.4, 0.5) is 0 Å². The number of hydrogen-bond acceptors (Lipinski definition) is 4. The van der Waals surface area contributed by atoms with Crippen molar-refractivity contribution in [1.82, 2.24) is 5.32 Å². The van der Waals surface area contributed by atoms with Crippen LogP contribution in [0.15, 0.2) is 29.3 Å². The Balaban J connectivity index is 2.05. The minimum atomic E-state index is 0.382. The predicted molar refractivity (Wildman–Crippen MR) is 69.5 cm³/mol. The lowest BCUT2D eigenvalue weighted by molar-refractivity contribution is 0.317. The molecule has 3 N–H and O–H groups in total. The van der Waals surface area contributed by atoms with E-state index in [-0.39, 0.29) is 0 Å². The van der Waals surface area contributed by atoms with Gasteiger partial charge >= 0.3 is 0 Å². The second kappa shape index (κ2) is 5.57. The SMILES string of the molecule is CCCOc1cccc(C2CN=C(N)NC2)c1. The van der Waals surface area contributed by atoms with Crippen molar-refractivity contribution in [3.63, 3.8) is 0 Å². The number of hydrogen-bond donors (Lipinski definition) is 2. The highest BCUT2D eigenvalue weighted by Gasteiger charge is 2.15. The number of guanidine groups is 1. The summed E-state index contributed by atoms with van der Waals surface area (Å²) in [4.78, 5) is 4.22. The highest BCUT2D eigenvalue weighted by Crippen LogP contribution is 2.22. The Kier molecular flexibility index (Phi) is 3.85. The first-order valence-corrected chi connectivity index (χ1v) is 6.06. The van der Waals surface area contributed by atoms with Gasteiger partial charge in [-0.3, -0.25) is 4.99 Å². The molecule has 17 heavy (non-hydrogen) atoms. The molecule has 0 saturated carbocycles. The van der Waals surface area contributed by atoms with Crippen molar-refractivity contribution in [3.05, 3.63) is 29.8 Å². The van der Waals surface area contributed by atoms with Crippen LogP contribution in [0.3, 0.4) is 0 Å². The largest absolute Gasteiger partial charge is 0.494 e. The van der Waals surface area contributed by atoms with Gasteiger partial charge in [-0.25, -0.2) is 0 Å². The second-order valence-corrected chi connectivity index (χ2v) is 4.22. The summed E-state index contributed by atoms with van der Waals surface area (Å²) in [5.74, 6) is 1.86. The van der Waals surface area contributed by atoms with E-state index < -0.39 is 0 Å². The van der Waals surface area contributed by atoms with E-state index in [0.29, 0.717) is 11.9 Å². The van der Waals surface area contributed by atoms with E-state index in [1.807, 2.05) is 12.1 Å². The maximum absolute atomic E-state index is 5.63. The number of ether oxygens (including phenoxy) is 1. The van der Waals surface area contributed by atoms with Gasteiger partial charge in [0.05, 0.1) is 13.2 Å². The zero-order valence-electron chi connectivity index (χ0n) is 10.1. The quantitative estimate of drug-likeness (QED) is 0.828. The van der Waals surface area contributed by atoms with E-state index in [4.69, 9.17) is 10.5 Å². The Morgan fingerprint density at radius 1 is 1.53 bits per heavy atom.